The predicted octanol–water partition coefficient (Wildman–Crippen LogP) is 6.84. The second-order valence-corrected chi connectivity index (χ2v) is 7.93. The van der Waals surface area contributed by atoms with Crippen LogP contribution in [0.3, 0.4) is 0 Å². The van der Waals surface area contributed by atoms with Gasteiger partial charge in [0.15, 0.2) is 5.75 Å². The minimum absolute atomic E-state index is 0.119. The summed E-state index contributed by atoms with van der Waals surface area (Å²) < 4.78 is 10.7. The number of carbonyl (C=O) groups is 2. The highest BCUT2D eigenvalue weighted by atomic mass is 16.6. The van der Waals surface area contributed by atoms with E-state index in [1.165, 1.54) is 64.1 Å². The third kappa shape index (κ3) is 9.28. The summed E-state index contributed by atoms with van der Waals surface area (Å²) in [6.45, 7) is 2.24. The van der Waals surface area contributed by atoms with E-state index in [4.69, 9.17) is 14.9 Å². The van der Waals surface area contributed by atoms with Crippen LogP contribution < -0.4 is 15.8 Å². The van der Waals surface area contributed by atoms with Gasteiger partial charge in [-0.1, -0.05) is 89.3 Å². The smallest absolute Gasteiger partial charge is 0.410 e. The van der Waals surface area contributed by atoms with Crippen LogP contribution in [-0.4, -0.2) is 12.0 Å². The number of unbranched alkanes of at least 4 members (excludes halogenated alkanes) is 10. The zero-order valence-electron chi connectivity index (χ0n) is 18.7. The molecule has 6 nitrogen and oxygen atoms in total. The Labute approximate surface area is 185 Å². The first-order valence-corrected chi connectivity index (χ1v) is 11.6. The fourth-order valence-electron chi connectivity index (χ4n) is 3.60. The van der Waals surface area contributed by atoms with E-state index in [0.29, 0.717) is 17.9 Å². The van der Waals surface area contributed by atoms with E-state index >= 15 is 0 Å². The van der Waals surface area contributed by atoms with E-state index in [1.807, 2.05) is 18.2 Å². The molecule has 0 saturated heterocycles. The number of carbonyl (C=O) groups excluding carboxylic acids is 2. The van der Waals surface area contributed by atoms with Gasteiger partial charge in [0.05, 0.1) is 0 Å². The highest BCUT2D eigenvalue weighted by Crippen LogP contribution is 2.29. The Bertz CT molecular complexity index is 786. The van der Waals surface area contributed by atoms with Crippen molar-refractivity contribution < 1.29 is 18.7 Å². The zero-order valence-corrected chi connectivity index (χ0v) is 18.7. The van der Waals surface area contributed by atoms with Gasteiger partial charge in [-0.3, -0.25) is 4.79 Å². The van der Waals surface area contributed by atoms with Crippen LogP contribution in [0.4, 0.5) is 10.5 Å². The molecule has 0 bridgehead atoms. The molecule has 170 valence electrons. The number of primary amides is 1. The first kappa shape index (κ1) is 24.5. The fourth-order valence-corrected chi connectivity index (χ4v) is 3.60. The van der Waals surface area contributed by atoms with Crippen LogP contribution in [0.1, 0.15) is 93.7 Å². The first-order valence-electron chi connectivity index (χ1n) is 11.6. The SMILES string of the molecule is CCCCCCCCCCCCCc1occ(C(=O)Nc2ccccc2)c1OC(N)=O. The van der Waals surface area contributed by atoms with E-state index < -0.39 is 12.0 Å². The lowest BCUT2D eigenvalue weighted by Gasteiger charge is -2.07. The molecule has 2 amide bonds. The average molecular weight is 429 g/mol. The molecule has 6 heteroatoms. The average Bonchev–Trinajstić information content (AvgIpc) is 3.14. The van der Waals surface area contributed by atoms with Crippen LogP contribution in [0.2, 0.25) is 0 Å². The fraction of sp³-hybridized carbons (Fsp3) is 0.520. The van der Waals surface area contributed by atoms with Crippen LogP contribution in [0.25, 0.3) is 0 Å². The summed E-state index contributed by atoms with van der Waals surface area (Å²) in [4.78, 5) is 23.9. The lowest BCUT2D eigenvalue weighted by Crippen LogP contribution is -2.19. The number of ether oxygens (including phenoxy) is 1. The number of benzene rings is 1. The number of anilines is 1. The van der Waals surface area contributed by atoms with Gasteiger partial charge in [0, 0.05) is 12.1 Å². The van der Waals surface area contributed by atoms with Gasteiger partial charge in [-0.2, -0.15) is 0 Å². The molecule has 0 aliphatic heterocycles. The van der Waals surface area contributed by atoms with Gasteiger partial charge < -0.3 is 20.2 Å². The van der Waals surface area contributed by atoms with Crippen LogP contribution in [0.5, 0.6) is 5.75 Å². The van der Waals surface area contributed by atoms with Gasteiger partial charge in [0.2, 0.25) is 0 Å². The predicted molar refractivity (Wildman–Crippen MR) is 123 cm³/mol. The lowest BCUT2D eigenvalue weighted by molar-refractivity contribution is 0.102. The van der Waals surface area contributed by atoms with E-state index in [9.17, 15) is 9.59 Å². The molecular weight excluding hydrogens is 392 g/mol. The molecule has 31 heavy (non-hydrogen) atoms. The number of hydrogen-bond donors (Lipinski definition) is 2. The minimum Gasteiger partial charge on any atom is -0.464 e. The third-order valence-corrected chi connectivity index (χ3v) is 5.30. The van der Waals surface area contributed by atoms with E-state index in [-0.39, 0.29) is 11.3 Å². The summed E-state index contributed by atoms with van der Waals surface area (Å²) in [6, 6.07) is 9.06. The standard InChI is InChI=1S/C25H36N2O4/c1-2-3-4-5-6-7-8-9-10-11-15-18-22-23(31-25(26)29)21(19-30-22)24(28)27-20-16-13-12-14-17-20/h12-14,16-17,19H,2-11,15,18H2,1H3,(H2,26,29)(H,27,28). The quantitative estimate of drug-likeness (QED) is 0.303. The number of nitrogens with two attached hydrogens (primary N) is 1. The van der Waals surface area contributed by atoms with Crippen molar-refractivity contribution >= 4 is 17.7 Å². The molecule has 0 aliphatic carbocycles. The number of furan rings is 1. The Hall–Kier alpha value is -2.76. The maximum atomic E-state index is 12.6. The van der Waals surface area contributed by atoms with E-state index in [1.54, 1.807) is 12.1 Å². The second kappa shape index (κ2) is 14.3. The summed E-state index contributed by atoms with van der Waals surface area (Å²) in [6.07, 6.45) is 14.6. The topological polar surface area (TPSA) is 94.6 Å². The molecule has 2 aromatic rings. The number of hydrogen-bond acceptors (Lipinski definition) is 4. The molecule has 0 spiro atoms. The Morgan fingerprint density at radius 3 is 2.06 bits per heavy atom. The number of nitrogens with one attached hydrogen (secondary N) is 1. The Balaban J connectivity index is 1.76. The third-order valence-electron chi connectivity index (χ3n) is 5.30. The monoisotopic (exact) mass is 428 g/mol. The minimum atomic E-state index is -0.963. The molecule has 1 aromatic heterocycles. The summed E-state index contributed by atoms with van der Waals surface area (Å²) in [7, 11) is 0. The van der Waals surface area contributed by atoms with Gasteiger partial charge in [-0.05, 0) is 18.6 Å². The largest absolute Gasteiger partial charge is 0.464 e. The van der Waals surface area contributed by atoms with Crippen molar-refractivity contribution in [2.75, 3.05) is 5.32 Å². The van der Waals surface area contributed by atoms with Gasteiger partial charge in [0.1, 0.15) is 17.6 Å². The molecule has 0 aliphatic rings. The summed E-state index contributed by atoms with van der Waals surface area (Å²) in [5, 5.41) is 2.77. The molecular formula is C25H36N2O4. The maximum Gasteiger partial charge on any atom is 0.410 e. The molecule has 1 heterocycles. The normalized spacial score (nSPS) is 10.7. The van der Waals surface area contributed by atoms with Crippen molar-refractivity contribution in [1.29, 1.82) is 0 Å². The number of aryl methyl sites for hydroxylation is 1. The Morgan fingerprint density at radius 2 is 1.48 bits per heavy atom. The first-order chi connectivity index (χ1) is 15.1. The molecule has 2 rings (SSSR count). The van der Waals surface area contributed by atoms with Crippen molar-refractivity contribution in [3.05, 3.63) is 47.9 Å². The number of amides is 2. The van der Waals surface area contributed by atoms with E-state index in [2.05, 4.69) is 12.2 Å². The van der Waals surface area contributed by atoms with Crippen molar-refractivity contribution in [3.8, 4) is 5.75 Å². The molecule has 0 radical (unpaired) electrons. The van der Waals surface area contributed by atoms with Crippen molar-refractivity contribution in [3.63, 3.8) is 0 Å². The zero-order chi connectivity index (χ0) is 22.3. The molecule has 0 saturated carbocycles. The molecule has 1 aromatic carbocycles. The maximum absolute atomic E-state index is 12.6. The molecule has 0 fully saturated rings. The highest BCUT2D eigenvalue weighted by Gasteiger charge is 2.22. The van der Waals surface area contributed by atoms with Crippen molar-refractivity contribution in [1.82, 2.24) is 0 Å². The van der Waals surface area contributed by atoms with Crippen LogP contribution in [0, 0.1) is 0 Å². The molecule has 0 unspecified atom stereocenters. The highest BCUT2D eigenvalue weighted by molar-refractivity contribution is 6.06. The van der Waals surface area contributed by atoms with Crippen LogP contribution in [0.15, 0.2) is 41.0 Å². The van der Waals surface area contributed by atoms with Gasteiger partial charge >= 0.3 is 6.09 Å². The van der Waals surface area contributed by atoms with Gasteiger partial charge in [-0.15, -0.1) is 0 Å². The van der Waals surface area contributed by atoms with Crippen LogP contribution >= 0.6 is 0 Å². The summed E-state index contributed by atoms with van der Waals surface area (Å²) in [5.74, 6) is 0.192. The van der Waals surface area contributed by atoms with E-state index in [0.717, 1.165) is 12.8 Å². The Kier molecular flexibility index (Phi) is 11.3. The van der Waals surface area contributed by atoms with Crippen LogP contribution in [-0.2, 0) is 6.42 Å². The molecule has 3 N–H and O–H groups in total. The number of para-hydroxylation sites is 1. The second-order valence-electron chi connectivity index (χ2n) is 7.93. The lowest BCUT2D eigenvalue weighted by atomic mass is 10.0. The summed E-state index contributed by atoms with van der Waals surface area (Å²) >= 11 is 0. The van der Waals surface area contributed by atoms with Crippen molar-refractivity contribution in [2.24, 2.45) is 5.73 Å². The van der Waals surface area contributed by atoms with Gasteiger partial charge in [-0.25, -0.2) is 4.79 Å². The summed E-state index contributed by atoms with van der Waals surface area (Å²) in [5.41, 5.74) is 6.01. The number of rotatable bonds is 15. The van der Waals surface area contributed by atoms with Gasteiger partial charge in [0.25, 0.3) is 5.91 Å². The van der Waals surface area contributed by atoms with Crippen molar-refractivity contribution in [2.45, 2.75) is 84.0 Å². The Morgan fingerprint density at radius 1 is 0.903 bits per heavy atom. The molecule has 0 atom stereocenters.